The van der Waals surface area contributed by atoms with Gasteiger partial charge in [0.2, 0.25) is 0 Å². The number of benzene rings is 2. The van der Waals surface area contributed by atoms with Crippen LogP contribution >= 0.6 is 11.6 Å². The molecule has 0 aliphatic rings. The molecule has 0 amide bonds. The summed E-state index contributed by atoms with van der Waals surface area (Å²) in [7, 11) is 4.13. The highest BCUT2D eigenvalue weighted by Gasteiger charge is 2.14. The van der Waals surface area contributed by atoms with E-state index in [2.05, 4.69) is 24.0 Å². The van der Waals surface area contributed by atoms with Crippen LogP contribution in [0.5, 0.6) is 5.75 Å². The highest BCUT2D eigenvalue weighted by molar-refractivity contribution is 6.30. The Balaban J connectivity index is 0.000000414. The summed E-state index contributed by atoms with van der Waals surface area (Å²) in [6, 6.07) is 19.6. The van der Waals surface area contributed by atoms with Crippen LogP contribution in [0, 0.1) is 0 Å². The number of fused-ring (bicyclic) bond motifs is 1. The number of hydrogen-bond acceptors (Lipinski definition) is 6. The minimum atomic E-state index is -1.26. The number of carboxylic acid groups (broad SMARTS) is 2. The van der Waals surface area contributed by atoms with Crippen molar-refractivity contribution in [2.75, 3.05) is 27.2 Å². The topological polar surface area (TPSA) is 118 Å². The fraction of sp³-hybridized carbons (Fsp3) is 0.185. The summed E-state index contributed by atoms with van der Waals surface area (Å²) in [5, 5.41) is 22.2. The Morgan fingerprint density at radius 3 is 2.24 bits per heavy atom. The molecule has 0 radical (unpaired) electrons. The lowest BCUT2D eigenvalue weighted by Gasteiger charge is -2.10. The second kappa shape index (κ2) is 13.2. The van der Waals surface area contributed by atoms with Crippen molar-refractivity contribution in [3.8, 4) is 22.7 Å². The second-order valence-electron chi connectivity index (χ2n) is 8.15. The summed E-state index contributed by atoms with van der Waals surface area (Å²) in [6.45, 7) is 1.71. The summed E-state index contributed by atoms with van der Waals surface area (Å²) in [5.41, 5.74) is 3.65. The van der Waals surface area contributed by atoms with Crippen molar-refractivity contribution >= 4 is 34.6 Å². The first kappa shape index (κ1) is 27.4. The first-order valence-corrected chi connectivity index (χ1v) is 11.7. The molecular weight excluding hydrogens is 496 g/mol. The van der Waals surface area contributed by atoms with Crippen LogP contribution in [0.4, 0.5) is 0 Å². The Hall–Kier alpha value is -4.21. The lowest BCUT2D eigenvalue weighted by atomic mass is 10.1. The maximum atomic E-state index is 9.55. The van der Waals surface area contributed by atoms with Gasteiger partial charge in [0.15, 0.2) is 5.65 Å². The molecule has 2 aromatic heterocycles. The molecule has 37 heavy (non-hydrogen) atoms. The van der Waals surface area contributed by atoms with Gasteiger partial charge < -0.3 is 19.8 Å². The molecule has 2 N–H and O–H groups in total. The predicted octanol–water partition coefficient (Wildman–Crippen LogP) is 4.78. The van der Waals surface area contributed by atoms with Gasteiger partial charge in [-0.25, -0.2) is 19.3 Å². The zero-order valence-electron chi connectivity index (χ0n) is 20.4. The van der Waals surface area contributed by atoms with E-state index in [0.717, 1.165) is 46.7 Å². The molecule has 0 saturated heterocycles. The number of aliphatic carboxylic acids is 2. The molecule has 0 fully saturated rings. The molecule has 0 bridgehead atoms. The van der Waals surface area contributed by atoms with Crippen LogP contribution in [-0.4, -0.2) is 69.1 Å². The molecule has 0 saturated carbocycles. The van der Waals surface area contributed by atoms with Crippen molar-refractivity contribution in [2.24, 2.45) is 0 Å². The van der Waals surface area contributed by atoms with Crippen LogP contribution in [0.3, 0.4) is 0 Å². The Morgan fingerprint density at radius 2 is 1.65 bits per heavy atom. The molecule has 0 unspecified atom stereocenters. The molecule has 2 aromatic carbocycles. The van der Waals surface area contributed by atoms with Gasteiger partial charge in [-0.1, -0.05) is 23.7 Å². The van der Waals surface area contributed by atoms with E-state index < -0.39 is 11.9 Å². The summed E-state index contributed by atoms with van der Waals surface area (Å²) in [4.78, 5) is 25.8. The van der Waals surface area contributed by atoms with Gasteiger partial charge in [-0.15, -0.1) is 0 Å². The SMILES string of the molecule is CN(C)CCCOc1ccc(-n2nc(-c3ccc(Cl)cc3)c3cccnc32)cc1.O=C(O)/C=C\C(=O)O. The number of ether oxygens (including phenoxy) is 1. The van der Waals surface area contributed by atoms with Gasteiger partial charge in [0.1, 0.15) is 11.4 Å². The standard InChI is InChI=1S/C23H23ClN4O.C4H4O4/c1-27(2)15-4-16-29-20-12-10-19(11-13-20)28-23-21(5-3-14-25-23)22(26-28)17-6-8-18(24)9-7-17;5-3(6)1-2-4(7)8/h3,5-14H,4,15-16H2,1-2H3;1-2H,(H,5,6)(H,7,8)/b;2-1-. The molecule has 0 aliphatic heterocycles. The third-order valence-corrected chi connectivity index (χ3v) is 5.28. The van der Waals surface area contributed by atoms with E-state index in [9.17, 15) is 9.59 Å². The monoisotopic (exact) mass is 522 g/mol. The zero-order chi connectivity index (χ0) is 26.8. The van der Waals surface area contributed by atoms with E-state index in [1.165, 1.54) is 0 Å². The number of pyridine rings is 1. The molecule has 2 heterocycles. The normalized spacial score (nSPS) is 10.9. The molecule has 0 spiro atoms. The Bertz CT molecular complexity index is 1350. The van der Waals surface area contributed by atoms with Gasteiger partial charge >= 0.3 is 11.9 Å². The molecule has 4 aromatic rings. The van der Waals surface area contributed by atoms with E-state index in [0.29, 0.717) is 23.8 Å². The number of nitrogens with zero attached hydrogens (tertiary/aromatic N) is 4. The van der Waals surface area contributed by atoms with Gasteiger partial charge in [0.25, 0.3) is 0 Å². The van der Waals surface area contributed by atoms with E-state index in [-0.39, 0.29) is 0 Å². The fourth-order valence-corrected chi connectivity index (χ4v) is 3.48. The van der Waals surface area contributed by atoms with Crippen molar-refractivity contribution in [1.82, 2.24) is 19.7 Å². The van der Waals surface area contributed by atoms with Crippen LogP contribution in [0.25, 0.3) is 28.0 Å². The van der Waals surface area contributed by atoms with Gasteiger partial charge in [0.05, 0.1) is 12.3 Å². The Kier molecular flexibility index (Phi) is 9.76. The van der Waals surface area contributed by atoms with Crippen molar-refractivity contribution in [3.63, 3.8) is 0 Å². The molecule has 9 nitrogen and oxygen atoms in total. The highest BCUT2D eigenvalue weighted by Crippen LogP contribution is 2.29. The first-order chi connectivity index (χ1) is 17.7. The number of aromatic nitrogens is 3. The van der Waals surface area contributed by atoms with Gasteiger partial charge in [-0.05, 0) is 69.0 Å². The van der Waals surface area contributed by atoms with Gasteiger partial charge in [-0.3, -0.25) is 0 Å². The van der Waals surface area contributed by atoms with Gasteiger partial charge in [0, 0.05) is 40.9 Å². The number of carbonyl (C=O) groups is 2. The van der Waals surface area contributed by atoms with Crippen molar-refractivity contribution in [3.05, 3.63) is 84.0 Å². The van der Waals surface area contributed by atoms with Crippen LogP contribution in [0.2, 0.25) is 5.02 Å². The maximum absolute atomic E-state index is 9.55. The minimum Gasteiger partial charge on any atom is -0.494 e. The number of rotatable bonds is 9. The lowest BCUT2D eigenvalue weighted by Crippen LogP contribution is -2.15. The fourth-order valence-electron chi connectivity index (χ4n) is 3.35. The Labute approximate surface area is 219 Å². The highest BCUT2D eigenvalue weighted by atomic mass is 35.5. The summed E-state index contributed by atoms with van der Waals surface area (Å²) in [5.74, 6) is -1.66. The smallest absolute Gasteiger partial charge is 0.328 e. The first-order valence-electron chi connectivity index (χ1n) is 11.4. The minimum absolute atomic E-state index is 0.558. The summed E-state index contributed by atoms with van der Waals surface area (Å²) < 4.78 is 7.71. The molecule has 4 rings (SSSR count). The third-order valence-electron chi connectivity index (χ3n) is 5.03. The molecule has 0 atom stereocenters. The van der Waals surface area contributed by atoms with Crippen molar-refractivity contribution in [2.45, 2.75) is 6.42 Å². The lowest BCUT2D eigenvalue weighted by molar-refractivity contribution is -0.134. The Morgan fingerprint density at radius 1 is 1.00 bits per heavy atom. The number of halogens is 1. The number of carboxylic acids is 2. The largest absolute Gasteiger partial charge is 0.494 e. The molecular formula is C27H27ClN4O5. The van der Waals surface area contributed by atoms with Crippen LogP contribution in [-0.2, 0) is 9.59 Å². The van der Waals surface area contributed by atoms with Crippen LogP contribution < -0.4 is 4.74 Å². The maximum Gasteiger partial charge on any atom is 0.328 e. The van der Waals surface area contributed by atoms with Crippen LogP contribution in [0.1, 0.15) is 6.42 Å². The zero-order valence-corrected chi connectivity index (χ0v) is 21.2. The molecule has 10 heteroatoms. The van der Waals surface area contributed by atoms with Crippen molar-refractivity contribution in [1.29, 1.82) is 0 Å². The molecule has 0 aliphatic carbocycles. The third kappa shape index (κ3) is 8.16. The van der Waals surface area contributed by atoms with Crippen molar-refractivity contribution < 1.29 is 24.5 Å². The van der Waals surface area contributed by atoms with E-state index in [4.69, 9.17) is 31.6 Å². The van der Waals surface area contributed by atoms with Crippen LogP contribution in [0.15, 0.2) is 79.0 Å². The van der Waals surface area contributed by atoms with E-state index >= 15 is 0 Å². The summed E-state index contributed by atoms with van der Waals surface area (Å²) in [6.07, 6.45) is 3.89. The van der Waals surface area contributed by atoms with E-state index in [1.807, 2.05) is 65.3 Å². The second-order valence-corrected chi connectivity index (χ2v) is 8.59. The summed E-state index contributed by atoms with van der Waals surface area (Å²) >= 11 is 6.04. The average Bonchev–Trinajstić information content (AvgIpc) is 3.26. The predicted molar refractivity (Wildman–Crippen MR) is 142 cm³/mol. The molecule has 192 valence electrons. The average molecular weight is 523 g/mol. The van der Waals surface area contributed by atoms with E-state index in [1.54, 1.807) is 6.20 Å². The van der Waals surface area contributed by atoms with Gasteiger partial charge in [-0.2, -0.15) is 5.10 Å². The number of hydrogen-bond donors (Lipinski definition) is 2. The quantitative estimate of drug-likeness (QED) is 0.238.